The smallest absolute Gasteiger partial charge is 0.395 e. The first kappa shape index (κ1) is 15.7. The van der Waals surface area contributed by atoms with E-state index >= 15 is 0 Å². The maximum absolute atomic E-state index is 12.3. The summed E-state index contributed by atoms with van der Waals surface area (Å²) in [5, 5.41) is 8.70. The van der Waals surface area contributed by atoms with Crippen molar-refractivity contribution in [2.75, 3.05) is 32.8 Å². The van der Waals surface area contributed by atoms with E-state index in [0.29, 0.717) is 17.1 Å². The standard InChI is InChI=1S/C9H17F3N2O3S/c10-9(11,12)8-14(6-7-15)18(16,17)13-4-2-1-3-5-13/h15H,1-8H2. The number of piperidine rings is 1. The van der Waals surface area contributed by atoms with Crippen LogP contribution in [0.15, 0.2) is 0 Å². The van der Waals surface area contributed by atoms with Crippen LogP contribution in [0.1, 0.15) is 19.3 Å². The SMILES string of the molecule is O=S(=O)(N1CCCCC1)N(CCO)CC(F)(F)F. The number of rotatable bonds is 5. The highest BCUT2D eigenvalue weighted by Gasteiger charge is 2.38. The molecule has 0 aromatic carbocycles. The highest BCUT2D eigenvalue weighted by Crippen LogP contribution is 2.22. The van der Waals surface area contributed by atoms with Gasteiger partial charge in [-0.15, -0.1) is 0 Å². The molecule has 108 valence electrons. The summed E-state index contributed by atoms with van der Waals surface area (Å²) in [6.07, 6.45) is -2.43. The Morgan fingerprint density at radius 1 is 1.17 bits per heavy atom. The average molecular weight is 290 g/mol. The maximum Gasteiger partial charge on any atom is 0.402 e. The van der Waals surface area contributed by atoms with Crippen molar-refractivity contribution in [3.05, 3.63) is 0 Å². The van der Waals surface area contributed by atoms with Crippen LogP contribution in [0.5, 0.6) is 0 Å². The minimum atomic E-state index is -4.61. The third kappa shape index (κ3) is 4.38. The molecule has 1 N–H and O–H groups in total. The second-order valence-electron chi connectivity index (χ2n) is 4.14. The molecule has 1 rings (SSSR count). The molecule has 0 amide bonds. The monoisotopic (exact) mass is 290 g/mol. The number of aliphatic hydroxyl groups excluding tert-OH is 1. The van der Waals surface area contributed by atoms with Gasteiger partial charge in [0.2, 0.25) is 0 Å². The quantitative estimate of drug-likeness (QED) is 0.805. The zero-order valence-electron chi connectivity index (χ0n) is 9.86. The highest BCUT2D eigenvalue weighted by atomic mass is 32.2. The summed E-state index contributed by atoms with van der Waals surface area (Å²) in [6, 6.07) is 0. The molecule has 0 unspecified atom stereocenters. The minimum Gasteiger partial charge on any atom is -0.395 e. The molecular formula is C9H17F3N2O3S. The van der Waals surface area contributed by atoms with E-state index in [2.05, 4.69) is 0 Å². The molecule has 1 saturated heterocycles. The third-order valence-electron chi connectivity index (χ3n) is 2.67. The number of hydrogen-bond donors (Lipinski definition) is 1. The Hall–Kier alpha value is -0.380. The lowest BCUT2D eigenvalue weighted by Crippen LogP contribution is -2.49. The van der Waals surface area contributed by atoms with Crippen molar-refractivity contribution >= 4 is 10.2 Å². The van der Waals surface area contributed by atoms with Gasteiger partial charge in [0.1, 0.15) is 6.54 Å². The normalized spacial score (nSPS) is 19.4. The van der Waals surface area contributed by atoms with E-state index in [-0.39, 0.29) is 13.1 Å². The summed E-state index contributed by atoms with van der Waals surface area (Å²) in [5.41, 5.74) is 0. The molecule has 0 aliphatic carbocycles. The van der Waals surface area contributed by atoms with Gasteiger partial charge < -0.3 is 5.11 Å². The summed E-state index contributed by atoms with van der Waals surface area (Å²) < 4.78 is 62.3. The van der Waals surface area contributed by atoms with Gasteiger partial charge >= 0.3 is 6.18 Å². The fourth-order valence-electron chi connectivity index (χ4n) is 1.85. The van der Waals surface area contributed by atoms with E-state index in [0.717, 1.165) is 10.7 Å². The fraction of sp³-hybridized carbons (Fsp3) is 1.00. The van der Waals surface area contributed by atoms with Crippen LogP contribution < -0.4 is 0 Å². The second kappa shape index (κ2) is 6.18. The van der Waals surface area contributed by atoms with Gasteiger partial charge in [0, 0.05) is 19.6 Å². The Balaban J connectivity index is 2.81. The number of halogens is 3. The van der Waals surface area contributed by atoms with Crippen molar-refractivity contribution in [1.29, 1.82) is 0 Å². The van der Waals surface area contributed by atoms with Gasteiger partial charge in [-0.1, -0.05) is 6.42 Å². The first-order valence-electron chi connectivity index (χ1n) is 5.70. The van der Waals surface area contributed by atoms with E-state index < -0.39 is 36.1 Å². The number of hydrogen-bond acceptors (Lipinski definition) is 3. The number of nitrogens with zero attached hydrogens (tertiary/aromatic N) is 2. The average Bonchev–Trinajstić information content (AvgIpc) is 2.28. The first-order valence-corrected chi connectivity index (χ1v) is 7.10. The molecule has 0 radical (unpaired) electrons. The number of alkyl halides is 3. The van der Waals surface area contributed by atoms with E-state index in [4.69, 9.17) is 5.11 Å². The lowest BCUT2D eigenvalue weighted by molar-refractivity contribution is -0.137. The summed E-state index contributed by atoms with van der Waals surface area (Å²) in [7, 11) is -4.13. The molecule has 0 spiro atoms. The molecule has 0 bridgehead atoms. The number of aliphatic hydroxyl groups is 1. The molecule has 1 fully saturated rings. The predicted molar refractivity (Wildman–Crippen MR) is 59.1 cm³/mol. The van der Waals surface area contributed by atoms with E-state index in [1.54, 1.807) is 0 Å². The van der Waals surface area contributed by atoms with Crippen molar-refractivity contribution in [3.8, 4) is 0 Å². The third-order valence-corrected chi connectivity index (χ3v) is 4.65. The molecule has 18 heavy (non-hydrogen) atoms. The van der Waals surface area contributed by atoms with Crippen LogP contribution >= 0.6 is 0 Å². The first-order chi connectivity index (χ1) is 8.27. The van der Waals surface area contributed by atoms with Gasteiger partial charge in [0.25, 0.3) is 10.2 Å². The zero-order chi connectivity index (χ0) is 13.8. The molecule has 9 heteroatoms. The zero-order valence-corrected chi connectivity index (χ0v) is 10.7. The molecular weight excluding hydrogens is 273 g/mol. The van der Waals surface area contributed by atoms with Crippen LogP contribution in [0.25, 0.3) is 0 Å². The van der Waals surface area contributed by atoms with Gasteiger partial charge in [-0.05, 0) is 12.8 Å². The predicted octanol–water partition coefficient (Wildman–Crippen LogP) is 0.574. The molecule has 0 atom stereocenters. The molecule has 0 aromatic heterocycles. The van der Waals surface area contributed by atoms with Crippen LogP contribution in [-0.4, -0.2) is 61.1 Å². The fourth-order valence-corrected chi connectivity index (χ4v) is 3.51. The molecule has 1 heterocycles. The molecule has 1 aliphatic rings. The lowest BCUT2D eigenvalue weighted by atomic mass is 10.2. The van der Waals surface area contributed by atoms with Gasteiger partial charge in [-0.2, -0.15) is 30.2 Å². The van der Waals surface area contributed by atoms with Gasteiger partial charge in [0.15, 0.2) is 0 Å². The van der Waals surface area contributed by atoms with Crippen LogP contribution in [-0.2, 0) is 10.2 Å². The Morgan fingerprint density at radius 3 is 2.17 bits per heavy atom. The summed E-state index contributed by atoms with van der Waals surface area (Å²) in [6.45, 7) is -2.27. The van der Waals surface area contributed by atoms with Crippen LogP contribution in [0.2, 0.25) is 0 Å². The molecule has 1 aliphatic heterocycles. The largest absolute Gasteiger partial charge is 0.402 e. The molecule has 0 saturated carbocycles. The Morgan fingerprint density at radius 2 is 1.72 bits per heavy atom. The van der Waals surface area contributed by atoms with Crippen LogP contribution in [0.3, 0.4) is 0 Å². The van der Waals surface area contributed by atoms with Crippen molar-refractivity contribution < 1.29 is 26.7 Å². The van der Waals surface area contributed by atoms with E-state index in [9.17, 15) is 21.6 Å². The van der Waals surface area contributed by atoms with Gasteiger partial charge in [0.05, 0.1) is 6.61 Å². The Kier molecular flexibility index (Phi) is 5.38. The highest BCUT2D eigenvalue weighted by molar-refractivity contribution is 7.86. The maximum atomic E-state index is 12.3. The van der Waals surface area contributed by atoms with Crippen molar-refractivity contribution in [3.63, 3.8) is 0 Å². The Bertz CT molecular complexity index is 353. The topological polar surface area (TPSA) is 60.9 Å². The van der Waals surface area contributed by atoms with Gasteiger partial charge in [-0.25, -0.2) is 0 Å². The van der Waals surface area contributed by atoms with Crippen molar-refractivity contribution in [1.82, 2.24) is 8.61 Å². The van der Waals surface area contributed by atoms with E-state index in [1.807, 2.05) is 0 Å². The molecule has 0 aromatic rings. The lowest BCUT2D eigenvalue weighted by Gasteiger charge is -2.32. The minimum absolute atomic E-state index is 0.238. The summed E-state index contributed by atoms with van der Waals surface area (Å²) in [4.78, 5) is 0. The molecule has 5 nitrogen and oxygen atoms in total. The van der Waals surface area contributed by atoms with Crippen LogP contribution in [0.4, 0.5) is 13.2 Å². The van der Waals surface area contributed by atoms with Crippen molar-refractivity contribution in [2.45, 2.75) is 25.4 Å². The summed E-state index contributed by atoms with van der Waals surface area (Å²) in [5.74, 6) is 0. The Labute approximate surface area is 104 Å². The van der Waals surface area contributed by atoms with Crippen molar-refractivity contribution in [2.24, 2.45) is 0 Å². The summed E-state index contributed by atoms with van der Waals surface area (Å²) >= 11 is 0. The van der Waals surface area contributed by atoms with E-state index in [1.165, 1.54) is 0 Å². The van der Waals surface area contributed by atoms with Crippen LogP contribution in [0, 0.1) is 0 Å². The second-order valence-corrected chi connectivity index (χ2v) is 6.07. The van der Waals surface area contributed by atoms with Gasteiger partial charge in [-0.3, -0.25) is 0 Å².